The maximum Gasteiger partial charge on any atom is 0.337 e. The van der Waals surface area contributed by atoms with Crippen molar-refractivity contribution >= 4 is 52.3 Å². The number of nitrogens with zero attached hydrogens (tertiary/aromatic N) is 3. The molecular weight excluding hydrogens is 377 g/mol. The Morgan fingerprint density at radius 1 is 1.08 bits per heavy atom. The van der Waals surface area contributed by atoms with E-state index in [-0.39, 0.29) is 5.95 Å². The van der Waals surface area contributed by atoms with E-state index in [0.29, 0.717) is 32.8 Å². The molecular formula is C17H13Cl2N5O2. The number of aromatic nitrogens is 3. The molecule has 9 heteroatoms. The fourth-order valence-electron chi connectivity index (χ4n) is 2.14. The van der Waals surface area contributed by atoms with Gasteiger partial charge in [-0.1, -0.05) is 35.3 Å². The summed E-state index contributed by atoms with van der Waals surface area (Å²) in [6.45, 7) is 0. The SMILES string of the molecule is COC(=O)c1cccc(Nc2cnnc(Nc3c(Cl)cccc3Cl)n2)c1. The summed E-state index contributed by atoms with van der Waals surface area (Å²) in [7, 11) is 1.33. The number of rotatable bonds is 5. The lowest BCUT2D eigenvalue weighted by Crippen LogP contribution is -2.04. The fraction of sp³-hybridized carbons (Fsp3) is 0.0588. The highest BCUT2D eigenvalue weighted by Gasteiger charge is 2.09. The molecule has 0 saturated heterocycles. The molecule has 0 aliphatic heterocycles. The summed E-state index contributed by atoms with van der Waals surface area (Å²) >= 11 is 12.3. The van der Waals surface area contributed by atoms with Crippen molar-refractivity contribution in [1.82, 2.24) is 15.2 Å². The smallest absolute Gasteiger partial charge is 0.337 e. The summed E-state index contributed by atoms with van der Waals surface area (Å²) in [5.41, 5.74) is 1.55. The first kappa shape index (κ1) is 17.9. The zero-order valence-corrected chi connectivity index (χ0v) is 15.0. The van der Waals surface area contributed by atoms with Crippen LogP contribution in [0.5, 0.6) is 0 Å². The number of halogens is 2. The molecule has 3 rings (SSSR count). The standard InChI is InChI=1S/C17H13Cl2N5O2/c1-26-16(25)10-4-2-5-11(8-10)21-14-9-20-24-17(22-14)23-15-12(18)6-3-7-13(15)19/h2-9H,1H3,(H2,21,22,23,24). The van der Waals surface area contributed by atoms with E-state index in [0.717, 1.165) is 0 Å². The van der Waals surface area contributed by atoms with Gasteiger partial charge in [-0.2, -0.15) is 10.1 Å². The van der Waals surface area contributed by atoms with E-state index < -0.39 is 5.97 Å². The molecule has 132 valence electrons. The van der Waals surface area contributed by atoms with E-state index in [2.05, 4.69) is 25.8 Å². The number of anilines is 4. The van der Waals surface area contributed by atoms with Crippen LogP contribution in [0, 0.1) is 0 Å². The summed E-state index contributed by atoms with van der Waals surface area (Å²) in [6.07, 6.45) is 1.45. The Morgan fingerprint density at radius 3 is 2.54 bits per heavy atom. The predicted octanol–water partition coefficient (Wildman–Crippen LogP) is 4.45. The molecule has 2 N–H and O–H groups in total. The van der Waals surface area contributed by atoms with Gasteiger partial charge in [-0.05, 0) is 30.3 Å². The minimum atomic E-state index is -0.426. The molecule has 0 aliphatic carbocycles. The molecule has 0 amide bonds. The van der Waals surface area contributed by atoms with Crippen LogP contribution >= 0.6 is 23.2 Å². The molecule has 0 bridgehead atoms. The molecule has 0 aliphatic rings. The molecule has 7 nitrogen and oxygen atoms in total. The van der Waals surface area contributed by atoms with Gasteiger partial charge in [0.1, 0.15) is 0 Å². The molecule has 0 saturated carbocycles. The second-order valence-electron chi connectivity index (χ2n) is 5.08. The first-order valence-electron chi connectivity index (χ1n) is 7.43. The summed E-state index contributed by atoms with van der Waals surface area (Å²) in [5, 5.41) is 14.7. The topological polar surface area (TPSA) is 89.0 Å². The maximum absolute atomic E-state index is 11.6. The highest BCUT2D eigenvalue weighted by atomic mass is 35.5. The van der Waals surface area contributed by atoms with Crippen LogP contribution in [0.25, 0.3) is 0 Å². The summed E-state index contributed by atoms with van der Waals surface area (Å²) in [6, 6.07) is 11.9. The van der Waals surface area contributed by atoms with Gasteiger partial charge in [-0.3, -0.25) is 0 Å². The lowest BCUT2D eigenvalue weighted by atomic mass is 10.2. The molecule has 26 heavy (non-hydrogen) atoms. The van der Waals surface area contributed by atoms with Gasteiger partial charge in [0.05, 0.1) is 34.6 Å². The Hall–Kier alpha value is -2.90. The van der Waals surface area contributed by atoms with Crippen LogP contribution in [0.2, 0.25) is 10.0 Å². The fourth-order valence-corrected chi connectivity index (χ4v) is 2.63. The average molecular weight is 390 g/mol. The lowest BCUT2D eigenvalue weighted by molar-refractivity contribution is 0.0601. The first-order valence-corrected chi connectivity index (χ1v) is 8.18. The van der Waals surface area contributed by atoms with Gasteiger partial charge in [-0.25, -0.2) is 4.79 Å². The lowest BCUT2D eigenvalue weighted by Gasteiger charge is -2.10. The van der Waals surface area contributed by atoms with Gasteiger partial charge in [0.15, 0.2) is 5.82 Å². The van der Waals surface area contributed by atoms with Crippen molar-refractivity contribution in [2.75, 3.05) is 17.7 Å². The maximum atomic E-state index is 11.6. The number of benzene rings is 2. The third-order valence-electron chi connectivity index (χ3n) is 3.31. The van der Waals surface area contributed by atoms with Gasteiger partial charge in [0.2, 0.25) is 5.95 Å². The Morgan fingerprint density at radius 2 is 1.81 bits per heavy atom. The van der Waals surface area contributed by atoms with E-state index in [9.17, 15) is 4.79 Å². The van der Waals surface area contributed by atoms with Crippen molar-refractivity contribution in [1.29, 1.82) is 0 Å². The zero-order valence-electron chi connectivity index (χ0n) is 13.5. The van der Waals surface area contributed by atoms with E-state index in [1.165, 1.54) is 13.3 Å². The number of nitrogens with one attached hydrogen (secondary N) is 2. The third-order valence-corrected chi connectivity index (χ3v) is 3.94. The van der Waals surface area contributed by atoms with Crippen molar-refractivity contribution in [3.63, 3.8) is 0 Å². The number of methoxy groups -OCH3 is 1. The zero-order chi connectivity index (χ0) is 18.5. The Balaban J connectivity index is 1.81. The van der Waals surface area contributed by atoms with Crippen molar-refractivity contribution in [2.24, 2.45) is 0 Å². The quantitative estimate of drug-likeness (QED) is 0.622. The van der Waals surface area contributed by atoms with Gasteiger partial charge < -0.3 is 15.4 Å². The van der Waals surface area contributed by atoms with Gasteiger partial charge >= 0.3 is 5.97 Å². The summed E-state index contributed by atoms with van der Waals surface area (Å²) in [4.78, 5) is 15.9. The number of hydrogen-bond donors (Lipinski definition) is 2. The molecule has 0 spiro atoms. The van der Waals surface area contributed by atoms with E-state index in [1.54, 1.807) is 42.5 Å². The normalized spacial score (nSPS) is 10.3. The highest BCUT2D eigenvalue weighted by Crippen LogP contribution is 2.31. The number of carbonyl (C=O) groups is 1. The minimum Gasteiger partial charge on any atom is -0.465 e. The van der Waals surface area contributed by atoms with E-state index in [1.807, 2.05) is 0 Å². The Kier molecular flexibility index (Phi) is 5.50. The molecule has 0 fully saturated rings. The van der Waals surface area contributed by atoms with Crippen LogP contribution in [0.4, 0.5) is 23.1 Å². The second kappa shape index (κ2) is 7.99. The number of para-hydroxylation sites is 1. The first-order chi connectivity index (χ1) is 12.6. The van der Waals surface area contributed by atoms with Crippen molar-refractivity contribution in [3.8, 4) is 0 Å². The molecule has 2 aromatic carbocycles. The summed E-state index contributed by atoms with van der Waals surface area (Å²) in [5.74, 6) is 0.215. The van der Waals surface area contributed by atoms with Gasteiger partial charge in [0, 0.05) is 5.69 Å². The second-order valence-corrected chi connectivity index (χ2v) is 5.90. The van der Waals surface area contributed by atoms with Crippen LogP contribution in [-0.2, 0) is 4.74 Å². The number of hydrogen-bond acceptors (Lipinski definition) is 7. The van der Waals surface area contributed by atoms with Gasteiger partial charge in [0.25, 0.3) is 0 Å². The van der Waals surface area contributed by atoms with Crippen LogP contribution in [-0.4, -0.2) is 28.3 Å². The summed E-state index contributed by atoms with van der Waals surface area (Å²) < 4.78 is 4.71. The molecule has 1 aromatic heterocycles. The van der Waals surface area contributed by atoms with E-state index >= 15 is 0 Å². The van der Waals surface area contributed by atoms with Crippen LogP contribution in [0.1, 0.15) is 10.4 Å². The van der Waals surface area contributed by atoms with Crippen LogP contribution < -0.4 is 10.6 Å². The van der Waals surface area contributed by atoms with Crippen molar-refractivity contribution < 1.29 is 9.53 Å². The monoisotopic (exact) mass is 389 g/mol. The minimum absolute atomic E-state index is 0.217. The molecule has 0 radical (unpaired) electrons. The Bertz CT molecular complexity index is 932. The van der Waals surface area contributed by atoms with Crippen LogP contribution in [0.15, 0.2) is 48.7 Å². The average Bonchev–Trinajstić information content (AvgIpc) is 2.65. The Labute approximate surface area is 159 Å². The molecule has 1 heterocycles. The van der Waals surface area contributed by atoms with E-state index in [4.69, 9.17) is 27.9 Å². The molecule has 3 aromatic rings. The molecule has 0 atom stereocenters. The number of carbonyl (C=O) groups excluding carboxylic acids is 1. The highest BCUT2D eigenvalue weighted by molar-refractivity contribution is 6.39. The largest absolute Gasteiger partial charge is 0.465 e. The van der Waals surface area contributed by atoms with Crippen LogP contribution in [0.3, 0.4) is 0 Å². The number of esters is 1. The predicted molar refractivity (Wildman–Crippen MR) is 101 cm³/mol. The van der Waals surface area contributed by atoms with Gasteiger partial charge in [-0.15, -0.1) is 5.10 Å². The number of ether oxygens (including phenoxy) is 1. The third kappa shape index (κ3) is 4.19. The van der Waals surface area contributed by atoms with Crippen molar-refractivity contribution in [3.05, 3.63) is 64.3 Å². The van der Waals surface area contributed by atoms with Crippen molar-refractivity contribution in [2.45, 2.75) is 0 Å². The molecule has 0 unspecified atom stereocenters.